The molecular formula is C21H22N4O2. The van der Waals surface area contributed by atoms with E-state index in [-0.39, 0.29) is 12.3 Å². The number of amides is 1. The summed E-state index contributed by atoms with van der Waals surface area (Å²) in [6.07, 6.45) is 0.143. The molecule has 1 saturated heterocycles. The summed E-state index contributed by atoms with van der Waals surface area (Å²) in [4.78, 5) is 21.2. The lowest BCUT2D eigenvalue weighted by Crippen LogP contribution is -2.49. The van der Waals surface area contributed by atoms with Crippen LogP contribution in [0.2, 0.25) is 0 Å². The van der Waals surface area contributed by atoms with E-state index < -0.39 is 0 Å². The number of para-hydroxylation sites is 1. The van der Waals surface area contributed by atoms with Crippen molar-refractivity contribution >= 4 is 11.6 Å². The normalized spacial score (nSPS) is 14.4. The number of carbonyl (C=O) groups is 1. The minimum Gasteiger partial charge on any atom is -0.368 e. The molecule has 0 N–H and O–H groups in total. The first-order valence-corrected chi connectivity index (χ1v) is 9.17. The minimum atomic E-state index is 0.0303. The third-order valence-electron chi connectivity index (χ3n) is 4.91. The van der Waals surface area contributed by atoms with Gasteiger partial charge in [0, 0.05) is 37.4 Å². The fourth-order valence-electron chi connectivity index (χ4n) is 3.35. The number of anilines is 1. The van der Waals surface area contributed by atoms with Crippen LogP contribution in [-0.4, -0.2) is 47.1 Å². The van der Waals surface area contributed by atoms with Crippen LogP contribution in [0.5, 0.6) is 0 Å². The van der Waals surface area contributed by atoms with Gasteiger partial charge in [-0.1, -0.05) is 47.6 Å². The molecule has 1 fully saturated rings. The number of rotatable bonds is 4. The van der Waals surface area contributed by atoms with E-state index in [4.69, 9.17) is 4.52 Å². The van der Waals surface area contributed by atoms with Crippen LogP contribution in [0, 0.1) is 6.92 Å². The molecule has 0 atom stereocenters. The van der Waals surface area contributed by atoms with Crippen molar-refractivity contribution in [2.45, 2.75) is 13.3 Å². The maximum atomic E-state index is 12.6. The molecule has 0 saturated carbocycles. The monoisotopic (exact) mass is 362 g/mol. The Hall–Kier alpha value is -3.15. The molecule has 0 aliphatic carbocycles. The number of benzene rings is 2. The molecule has 3 aromatic rings. The van der Waals surface area contributed by atoms with Gasteiger partial charge >= 0.3 is 0 Å². The number of hydrogen-bond acceptors (Lipinski definition) is 5. The molecule has 0 radical (unpaired) electrons. The SMILES string of the molecule is Cc1ccccc1-c1noc(CC(=O)N2CCN(c3ccccc3)CC2)n1. The zero-order chi connectivity index (χ0) is 18.6. The Morgan fingerprint density at radius 2 is 1.70 bits per heavy atom. The van der Waals surface area contributed by atoms with Crippen molar-refractivity contribution < 1.29 is 9.32 Å². The van der Waals surface area contributed by atoms with E-state index in [0.29, 0.717) is 24.8 Å². The standard InChI is InChI=1S/C21H22N4O2/c1-16-7-5-6-10-18(16)21-22-19(27-23-21)15-20(26)25-13-11-24(12-14-25)17-8-3-2-4-9-17/h2-10H,11-15H2,1H3. The van der Waals surface area contributed by atoms with Crippen molar-refractivity contribution in [3.05, 3.63) is 66.1 Å². The van der Waals surface area contributed by atoms with Crippen molar-refractivity contribution in [2.24, 2.45) is 0 Å². The first kappa shape index (κ1) is 17.3. The van der Waals surface area contributed by atoms with Gasteiger partial charge in [0.25, 0.3) is 0 Å². The second-order valence-electron chi connectivity index (χ2n) is 6.71. The van der Waals surface area contributed by atoms with Crippen molar-refractivity contribution in [3.63, 3.8) is 0 Å². The van der Waals surface area contributed by atoms with E-state index in [1.807, 2.05) is 54.3 Å². The van der Waals surface area contributed by atoms with Gasteiger partial charge in [0.2, 0.25) is 17.6 Å². The summed E-state index contributed by atoms with van der Waals surface area (Å²) < 4.78 is 5.31. The highest BCUT2D eigenvalue weighted by Gasteiger charge is 2.23. The van der Waals surface area contributed by atoms with Gasteiger partial charge < -0.3 is 14.3 Å². The fraction of sp³-hybridized carbons (Fsp3) is 0.286. The molecule has 0 bridgehead atoms. The van der Waals surface area contributed by atoms with E-state index in [9.17, 15) is 4.79 Å². The lowest BCUT2D eigenvalue weighted by Gasteiger charge is -2.36. The Bertz CT molecular complexity index is 915. The summed E-state index contributed by atoms with van der Waals surface area (Å²) in [5, 5.41) is 4.03. The lowest BCUT2D eigenvalue weighted by atomic mass is 10.1. The minimum absolute atomic E-state index is 0.0303. The van der Waals surface area contributed by atoms with Crippen LogP contribution in [0.4, 0.5) is 5.69 Å². The van der Waals surface area contributed by atoms with E-state index in [1.54, 1.807) is 0 Å². The highest BCUT2D eigenvalue weighted by atomic mass is 16.5. The van der Waals surface area contributed by atoms with Crippen molar-refractivity contribution in [1.82, 2.24) is 15.0 Å². The summed E-state index contributed by atoms with van der Waals surface area (Å²) in [6.45, 7) is 5.06. The van der Waals surface area contributed by atoms with Crippen molar-refractivity contribution in [1.29, 1.82) is 0 Å². The van der Waals surface area contributed by atoms with E-state index in [2.05, 4.69) is 27.2 Å². The first-order valence-electron chi connectivity index (χ1n) is 9.17. The van der Waals surface area contributed by atoms with Gasteiger partial charge in [-0.2, -0.15) is 4.98 Å². The summed E-state index contributed by atoms with van der Waals surface area (Å²) in [7, 11) is 0. The summed E-state index contributed by atoms with van der Waals surface area (Å²) in [5.41, 5.74) is 3.20. The second kappa shape index (κ2) is 7.61. The second-order valence-corrected chi connectivity index (χ2v) is 6.71. The van der Waals surface area contributed by atoms with Gasteiger partial charge in [0.15, 0.2) is 0 Å². The van der Waals surface area contributed by atoms with Gasteiger partial charge in [0.05, 0.1) is 0 Å². The molecule has 1 amide bonds. The molecule has 0 spiro atoms. The predicted molar refractivity (Wildman–Crippen MR) is 103 cm³/mol. The summed E-state index contributed by atoms with van der Waals surface area (Å²) in [6, 6.07) is 18.2. The lowest BCUT2D eigenvalue weighted by molar-refractivity contribution is -0.131. The Morgan fingerprint density at radius 3 is 2.44 bits per heavy atom. The smallest absolute Gasteiger partial charge is 0.236 e. The molecule has 6 nitrogen and oxygen atoms in total. The third kappa shape index (κ3) is 3.84. The van der Waals surface area contributed by atoms with Crippen LogP contribution in [0.15, 0.2) is 59.1 Å². The molecule has 138 valence electrons. The number of aryl methyl sites for hydroxylation is 1. The molecule has 1 aromatic heterocycles. The molecular weight excluding hydrogens is 340 g/mol. The Labute approximate surface area is 158 Å². The van der Waals surface area contributed by atoms with Crippen LogP contribution in [0.3, 0.4) is 0 Å². The Morgan fingerprint density at radius 1 is 1.00 bits per heavy atom. The van der Waals surface area contributed by atoms with Crippen LogP contribution >= 0.6 is 0 Å². The van der Waals surface area contributed by atoms with Crippen molar-refractivity contribution in [2.75, 3.05) is 31.1 Å². The highest BCUT2D eigenvalue weighted by Crippen LogP contribution is 2.20. The van der Waals surface area contributed by atoms with Crippen LogP contribution in [0.1, 0.15) is 11.5 Å². The van der Waals surface area contributed by atoms with E-state index >= 15 is 0 Å². The topological polar surface area (TPSA) is 62.5 Å². The molecule has 0 unspecified atom stereocenters. The molecule has 6 heteroatoms. The van der Waals surface area contributed by atoms with Gasteiger partial charge in [-0.05, 0) is 24.6 Å². The van der Waals surface area contributed by atoms with Crippen LogP contribution < -0.4 is 4.90 Å². The van der Waals surface area contributed by atoms with Gasteiger partial charge in [-0.3, -0.25) is 4.79 Å². The molecule has 1 aliphatic rings. The van der Waals surface area contributed by atoms with Crippen molar-refractivity contribution in [3.8, 4) is 11.4 Å². The summed E-state index contributed by atoms with van der Waals surface area (Å²) >= 11 is 0. The molecule has 1 aliphatic heterocycles. The zero-order valence-corrected chi connectivity index (χ0v) is 15.3. The summed E-state index contributed by atoms with van der Waals surface area (Å²) in [5.74, 6) is 0.927. The maximum Gasteiger partial charge on any atom is 0.236 e. The molecule has 2 heterocycles. The number of piperazine rings is 1. The zero-order valence-electron chi connectivity index (χ0n) is 15.3. The number of carbonyl (C=O) groups excluding carboxylic acids is 1. The molecule has 27 heavy (non-hydrogen) atoms. The first-order chi connectivity index (χ1) is 13.2. The number of hydrogen-bond donors (Lipinski definition) is 0. The van der Waals surface area contributed by atoms with Gasteiger partial charge in [0.1, 0.15) is 6.42 Å². The molecule has 2 aromatic carbocycles. The number of nitrogens with zero attached hydrogens (tertiary/aromatic N) is 4. The highest BCUT2D eigenvalue weighted by molar-refractivity contribution is 5.78. The van der Waals surface area contributed by atoms with Crippen LogP contribution in [0.25, 0.3) is 11.4 Å². The Kier molecular flexibility index (Phi) is 4.87. The molecule has 4 rings (SSSR count). The fourth-order valence-corrected chi connectivity index (χ4v) is 3.35. The van der Waals surface area contributed by atoms with Gasteiger partial charge in [-0.25, -0.2) is 0 Å². The van der Waals surface area contributed by atoms with Gasteiger partial charge in [-0.15, -0.1) is 0 Å². The Balaban J connectivity index is 1.36. The van der Waals surface area contributed by atoms with E-state index in [0.717, 1.165) is 24.2 Å². The largest absolute Gasteiger partial charge is 0.368 e. The average Bonchev–Trinajstić information content (AvgIpc) is 3.17. The number of aromatic nitrogens is 2. The maximum absolute atomic E-state index is 12.6. The quantitative estimate of drug-likeness (QED) is 0.714. The van der Waals surface area contributed by atoms with E-state index in [1.165, 1.54) is 5.69 Å². The average molecular weight is 362 g/mol. The third-order valence-corrected chi connectivity index (χ3v) is 4.91. The predicted octanol–water partition coefficient (Wildman–Crippen LogP) is 2.94. The van der Waals surface area contributed by atoms with Crippen LogP contribution in [-0.2, 0) is 11.2 Å².